The highest BCUT2D eigenvalue weighted by Gasteiger charge is 2.27. The Morgan fingerprint density at radius 1 is 1.33 bits per heavy atom. The summed E-state index contributed by atoms with van der Waals surface area (Å²) in [7, 11) is 0. The molecule has 0 heterocycles. The van der Waals surface area contributed by atoms with Gasteiger partial charge >= 0.3 is 6.03 Å². The molecule has 0 radical (unpaired) electrons. The topological polar surface area (TPSA) is 61.4 Å². The normalized spacial score (nSPS) is 11.1. The van der Waals surface area contributed by atoms with Crippen molar-refractivity contribution in [3.05, 3.63) is 30.1 Å². The van der Waals surface area contributed by atoms with Crippen LogP contribution in [-0.4, -0.2) is 23.3 Å². The van der Waals surface area contributed by atoms with E-state index >= 15 is 0 Å². The van der Waals surface area contributed by atoms with Crippen LogP contribution in [0.25, 0.3) is 0 Å². The summed E-state index contributed by atoms with van der Waals surface area (Å²) in [5, 5.41) is 14.5. The van der Waals surface area contributed by atoms with Crippen LogP contribution in [0.15, 0.2) is 24.3 Å². The van der Waals surface area contributed by atoms with Gasteiger partial charge < -0.3 is 15.7 Å². The van der Waals surface area contributed by atoms with E-state index in [4.69, 9.17) is 0 Å². The van der Waals surface area contributed by atoms with Crippen molar-refractivity contribution < 1.29 is 14.3 Å². The van der Waals surface area contributed by atoms with E-state index < -0.39 is 17.4 Å². The summed E-state index contributed by atoms with van der Waals surface area (Å²) in [5.41, 5.74) is -0.538. The van der Waals surface area contributed by atoms with Crippen LogP contribution in [0.5, 0.6) is 0 Å². The van der Waals surface area contributed by atoms with Crippen molar-refractivity contribution in [1.82, 2.24) is 5.32 Å². The molecular weight excluding hydrogens is 235 g/mol. The number of anilines is 1. The largest absolute Gasteiger partial charge is 0.394 e. The summed E-state index contributed by atoms with van der Waals surface area (Å²) in [5.74, 6) is -0.491. The molecule has 0 aliphatic rings. The molecule has 0 aliphatic carbocycles. The lowest BCUT2D eigenvalue weighted by Gasteiger charge is -2.30. The maximum atomic E-state index is 13.3. The number of para-hydroxylation sites is 1. The van der Waals surface area contributed by atoms with Crippen LogP contribution in [0.3, 0.4) is 0 Å². The van der Waals surface area contributed by atoms with E-state index in [1.165, 1.54) is 12.1 Å². The van der Waals surface area contributed by atoms with Crippen LogP contribution < -0.4 is 10.6 Å². The first-order valence-corrected chi connectivity index (χ1v) is 6.01. The van der Waals surface area contributed by atoms with E-state index in [2.05, 4.69) is 10.6 Å². The van der Waals surface area contributed by atoms with E-state index in [9.17, 15) is 14.3 Å². The summed E-state index contributed by atoms with van der Waals surface area (Å²) in [6.45, 7) is 3.61. The fourth-order valence-electron chi connectivity index (χ4n) is 1.65. The van der Waals surface area contributed by atoms with Gasteiger partial charge in [0.05, 0.1) is 17.8 Å². The summed E-state index contributed by atoms with van der Waals surface area (Å²) in [6, 6.07) is 5.42. The van der Waals surface area contributed by atoms with Gasteiger partial charge in [0, 0.05) is 0 Å². The van der Waals surface area contributed by atoms with Gasteiger partial charge in [0.1, 0.15) is 5.82 Å². The van der Waals surface area contributed by atoms with Gasteiger partial charge in [0.25, 0.3) is 0 Å². The van der Waals surface area contributed by atoms with E-state index in [-0.39, 0.29) is 12.3 Å². The molecule has 3 N–H and O–H groups in total. The molecule has 4 nitrogen and oxygen atoms in total. The third-order valence-electron chi connectivity index (χ3n) is 3.16. The van der Waals surface area contributed by atoms with Crippen LogP contribution in [0.4, 0.5) is 14.9 Å². The minimum atomic E-state index is -0.657. The van der Waals surface area contributed by atoms with Gasteiger partial charge in [-0.3, -0.25) is 0 Å². The number of benzene rings is 1. The first-order chi connectivity index (χ1) is 8.56. The third-order valence-corrected chi connectivity index (χ3v) is 3.16. The van der Waals surface area contributed by atoms with Gasteiger partial charge in [-0.2, -0.15) is 0 Å². The molecule has 100 valence electrons. The minimum absolute atomic E-state index is 0.119. The van der Waals surface area contributed by atoms with E-state index in [0.717, 1.165) is 0 Å². The summed E-state index contributed by atoms with van der Waals surface area (Å²) in [6.07, 6.45) is 1.20. The number of urea groups is 1. The Morgan fingerprint density at radius 2 is 1.94 bits per heavy atom. The van der Waals surface area contributed by atoms with Crippen LogP contribution in [0.2, 0.25) is 0 Å². The van der Waals surface area contributed by atoms with Crippen molar-refractivity contribution in [2.75, 3.05) is 11.9 Å². The number of amides is 2. The van der Waals surface area contributed by atoms with Gasteiger partial charge in [0.2, 0.25) is 0 Å². The molecule has 0 fully saturated rings. The molecule has 0 unspecified atom stereocenters. The van der Waals surface area contributed by atoms with E-state index in [1.54, 1.807) is 12.1 Å². The van der Waals surface area contributed by atoms with Crippen molar-refractivity contribution in [2.24, 2.45) is 0 Å². The van der Waals surface area contributed by atoms with Gasteiger partial charge in [-0.25, -0.2) is 9.18 Å². The number of carbonyl (C=O) groups is 1. The molecule has 0 saturated heterocycles. The number of aliphatic hydroxyl groups is 1. The molecule has 0 saturated carbocycles. The zero-order valence-electron chi connectivity index (χ0n) is 10.7. The van der Waals surface area contributed by atoms with Gasteiger partial charge in [-0.15, -0.1) is 0 Å². The van der Waals surface area contributed by atoms with E-state index in [1.807, 2.05) is 13.8 Å². The highest BCUT2D eigenvalue weighted by molar-refractivity contribution is 5.89. The fourth-order valence-corrected chi connectivity index (χ4v) is 1.65. The molecule has 0 bridgehead atoms. The lowest BCUT2D eigenvalue weighted by Crippen LogP contribution is -2.52. The number of aliphatic hydroxyl groups excluding tert-OH is 1. The summed E-state index contributed by atoms with van der Waals surface area (Å²) >= 11 is 0. The number of hydrogen-bond donors (Lipinski definition) is 3. The van der Waals surface area contributed by atoms with E-state index in [0.29, 0.717) is 12.8 Å². The molecule has 5 heteroatoms. The van der Waals surface area contributed by atoms with Crippen LogP contribution in [0.1, 0.15) is 26.7 Å². The second-order valence-corrected chi connectivity index (χ2v) is 4.20. The molecule has 0 atom stereocenters. The number of rotatable bonds is 5. The first-order valence-electron chi connectivity index (χ1n) is 6.01. The maximum absolute atomic E-state index is 13.3. The molecule has 1 aromatic rings. The van der Waals surface area contributed by atoms with Crippen LogP contribution in [-0.2, 0) is 0 Å². The number of nitrogens with one attached hydrogen (secondary N) is 2. The minimum Gasteiger partial charge on any atom is -0.394 e. The molecule has 1 aromatic carbocycles. The third kappa shape index (κ3) is 3.43. The Hall–Kier alpha value is -1.62. The zero-order chi connectivity index (χ0) is 13.6. The second-order valence-electron chi connectivity index (χ2n) is 4.20. The maximum Gasteiger partial charge on any atom is 0.319 e. The van der Waals surface area contributed by atoms with Crippen molar-refractivity contribution in [3.63, 3.8) is 0 Å². The van der Waals surface area contributed by atoms with Crippen molar-refractivity contribution in [3.8, 4) is 0 Å². The standard InChI is InChI=1S/C13H19FN2O2/c1-3-13(4-2,9-17)16-12(18)15-11-8-6-5-7-10(11)14/h5-8,17H,3-4,9H2,1-2H3,(H2,15,16,18). The average Bonchev–Trinajstić information content (AvgIpc) is 2.39. The van der Waals surface area contributed by atoms with Gasteiger partial charge in [-0.05, 0) is 25.0 Å². The summed E-state index contributed by atoms with van der Waals surface area (Å²) < 4.78 is 13.3. The molecule has 0 aliphatic heterocycles. The lowest BCUT2D eigenvalue weighted by molar-refractivity contribution is 0.155. The highest BCUT2D eigenvalue weighted by atomic mass is 19.1. The van der Waals surface area contributed by atoms with Crippen LogP contribution in [0, 0.1) is 5.82 Å². The second kappa shape index (κ2) is 6.35. The monoisotopic (exact) mass is 254 g/mol. The van der Waals surface area contributed by atoms with Gasteiger partial charge in [-0.1, -0.05) is 26.0 Å². The Labute approximate surface area is 106 Å². The Balaban J connectivity index is 2.70. The van der Waals surface area contributed by atoms with Gasteiger partial charge in [0.15, 0.2) is 0 Å². The van der Waals surface area contributed by atoms with Crippen molar-refractivity contribution in [2.45, 2.75) is 32.2 Å². The zero-order valence-corrected chi connectivity index (χ0v) is 10.7. The Bertz CT molecular complexity index is 397. The Kier molecular flexibility index (Phi) is 5.09. The number of carbonyl (C=O) groups excluding carboxylic acids is 1. The van der Waals surface area contributed by atoms with Crippen LogP contribution >= 0.6 is 0 Å². The smallest absolute Gasteiger partial charge is 0.319 e. The predicted octanol–water partition coefficient (Wildman–Crippen LogP) is 2.50. The molecule has 2 amide bonds. The average molecular weight is 254 g/mol. The predicted molar refractivity (Wildman–Crippen MR) is 69.0 cm³/mol. The first kappa shape index (κ1) is 14.4. The van der Waals surface area contributed by atoms with Crippen molar-refractivity contribution in [1.29, 1.82) is 0 Å². The molecule has 0 aromatic heterocycles. The number of hydrogen-bond acceptors (Lipinski definition) is 2. The molecule has 0 spiro atoms. The highest BCUT2D eigenvalue weighted by Crippen LogP contribution is 2.16. The SMILES string of the molecule is CCC(CC)(CO)NC(=O)Nc1ccccc1F. The number of halogens is 1. The van der Waals surface area contributed by atoms with Crippen molar-refractivity contribution >= 4 is 11.7 Å². The summed E-state index contributed by atoms with van der Waals surface area (Å²) in [4.78, 5) is 11.8. The molecule has 18 heavy (non-hydrogen) atoms. The fraction of sp³-hybridized carbons (Fsp3) is 0.462. The quantitative estimate of drug-likeness (QED) is 0.756. The Morgan fingerprint density at radius 3 is 2.44 bits per heavy atom. The molecular formula is C13H19FN2O2. The molecule has 1 rings (SSSR count). The lowest BCUT2D eigenvalue weighted by atomic mass is 9.94.